The molecular weight excluding hydrogens is 521 g/mol. The minimum Gasteiger partial charge on any atom is -0.376 e. The molecule has 0 radical (unpaired) electrons. The number of aromatic nitrogens is 3. The average molecular weight is 548 g/mol. The van der Waals surface area contributed by atoms with Crippen molar-refractivity contribution in [1.29, 1.82) is 0 Å². The van der Waals surface area contributed by atoms with Gasteiger partial charge in [-0.15, -0.1) is 0 Å². The Morgan fingerprint density at radius 2 is 2.03 bits per heavy atom. The molecule has 4 aromatic rings. The monoisotopic (exact) mass is 547 g/mol. The van der Waals surface area contributed by atoms with Gasteiger partial charge in [-0.1, -0.05) is 6.07 Å². The molecule has 0 fully saturated rings. The number of pyridine rings is 3. The Bertz CT molecular complexity index is 1730. The molecule has 1 N–H and O–H groups in total. The number of amides is 1. The summed E-state index contributed by atoms with van der Waals surface area (Å²) in [6, 6.07) is 10.1. The molecule has 0 atom stereocenters. The third-order valence-corrected chi connectivity index (χ3v) is 8.72. The second-order valence-electron chi connectivity index (χ2n) is 9.78. The Morgan fingerprint density at radius 3 is 2.90 bits per heavy atom. The Kier molecular flexibility index (Phi) is 6.48. The van der Waals surface area contributed by atoms with Crippen LogP contribution >= 0.6 is 0 Å². The summed E-state index contributed by atoms with van der Waals surface area (Å²) >= 11 is 0. The topological polar surface area (TPSA) is 114 Å². The maximum absolute atomic E-state index is 14.7. The van der Waals surface area contributed by atoms with Crippen LogP contribution in [0.1, 0.15) is 39.2 Å². The van der Waals surface area contributed by atoms with E-state index in [1.807, 2.05) is 25.3 Å². The summed E-state index contributed by atoms with van der Waals surface area (Å²) in [5, 5.41) is 3.56. The van der Waals surface area contributed by atoms with Crippen molar-refractivity contribution in [1.82, 2.24) is 20.3 Å². The largest absolute Gasteiger partial charge is 0.376 e. The summed E-state index contributed by atoms with van der Waals surface area (Å²) in [7, 11) is -3.76. The van der Waals surface area contributed by atoms with Gasteiger partial charge in [0.05, 0.1) is 41.6 Å². The zero-order chi connectivity index (χ0) is 27.1. The second-order valence-corrected chi connectivity index (χ2v) is 11.9. The first-order valence-electron chi connectivity index (χ1n) is 12.7. The number of ether oxygens (including phenoxy) is 1. The summed E-state index contributed by atoms with van der Waals surface area (Å²) < 4.78 is 45.0. The molecule has 1 amide bonds. The van der Waals surface area contributed by atoms with Crippen molar-refractivity contribution in [3.63, 3.8) is 0 Å². The molecule has 0 unspecified atom stereocenters. The number of fused-ring (bicyclic) bond motifs is 3. The quantitative estimate of drug-likeness (QED) is 0.411. The molecule has 2 aliphatic heterocycles. The number of halogens is 1. The summed E-state index contributed by atoms with van der Waals surface area (Å²) in [5.74, 6) is 0.0483. The van der Waals surface area contributed by atoms with Gasteiger partial charge in [0.25, 0.3) is 5.91 Å². The van der Waals surface area contributed by atoms with Gasteiger partial charge >= 0.3 is 0 Å². The highest BCUT2D eigenvalue weighted by atomic mass is 32.2. The van der Waals surface area contributed by atoms with Crippen LogP contribution < -0.4 is 10.2 Å². The van der Waals surface area contributed by atoms with Crippen LogP contribution in [0.25, 0.3) is 10.9 Å². The molecule has 39 heavy (non-hydrogen) atoms. The standard InChI is InChI=1S/C28H26FN5O4S/c1-17-9-18-3-2-6-34(27(18)31-13-17)26-5-4-19-14-30-21(12-24(19)33-26)15-32-28(35)20-10-23(29)22-16-38-7-8-39(36,37)25(22)11-20/h4-5,9-14H,2-3,6-8,15-16H2,1H3,(H,32,35). The zero-order valence-corrected chi connectivity index (χ0v) is 22.1. The minimum atomic E-state index is -3.76. The molecule has 5 heterocycles. The van der Waals surface area contributed by atoms with Crippen molar-refractivity contribution in [2.45, 2.75) is 37.8 Å². The van der Waals surface area contributed by atoms with Crippen LogP contribution in [0.3, 0.4) is 0 Å². The van der Waals surface area contributed by atoms with Crippen LogP contribution in [0.15, 0.2) is 53.7 Å². The number of carbonyl (C=O) groups excluding carboxylic acids is 1. The van der Waals surface area contributed by atoms with E-state index >= 15 is 0 Å². The van der Waals surface area contributed by atoms with E-state index in [0.717, 1.165) is 48.0 Å². The summed E-state index contributed by atoms with van der Waals surface area (Å²) in [5.41, 5.74) is 3.48. The molecule has 0 saturated carbocycles. The van der Waals surface area contributed by atoms with Crippen LogP contribution in [-0.4, -0.2) is 48.2 Å². The van der Waals surface area contributed by atoms with Crippen LogP contribution in [-0.2, 0) is 34.1 Å². The van der Waals surface area contributed by atoms with Gasteiger partial charge in [-0.2, -0.15) is 0 Å². The van der Waals surface area contributed by atoms with Crippen LogP contribution in [0, 0.1) is 12.7 Å². The fourth-order valence-electron chi connectivity index (χ4n) is 4.99. The number of sulfone groups is 1. The van der Waals surface area contributed by atoms with Gasteiger partial charge in [0.15, 0.2) is 9.84 Å². The van der Waals surface area contributed by atoms with Crippen molar-refractivity contribution < 1.29 is 22.3 Å². The maximum atomic E-state index is 14.7. The Morgan fingerprint density at radius 1 is 1.15 bits per heavy atom. The number of hydrogen-bond acceptors (Lipinski definition) is 8. The van der Waals surface area contributed by atoms with Gasteiger partial charge in [0, 0.05) is 35.5 Å². The van der Waals surface area contributed by atoms with Crippen molar-refractivity contribution in [3.8, 4) is 0 Å². The molecule has 6 rings (SSSR count). The van der Waals surface area contributed by atoms with Crippen molar-refractivity contribution in [3.05, 3.63) is 82.6 Å². The van der Waals surface area contributed by atoms with Gasteiger partial charge in [0.2, 0.25) is 0 Å². The lowest BCUT2D eigenvalue weighted by atomic mass is 10.0. The first-order chi connectivity index (χ1) is 18.8. The van der Waals surface area contributed by atoms with Crippen molar-refractivity contribution in [2.75, 3.05) is 23.8 Å². The SMILES string of the molecule is Cc1cnc2c(c1)CCCN2c1ccc2cnc(CNC(=O)c3cc(F)c4c(c3)S(=O)(=O)CCOC4)cc2n1. The normalized spacial score (nSPS) is 16.3. The third-order valence-electron chi connectivity index (χ3n) is 6.98. The van der Waals surface area contributed by atoms with E-state index in [1.54, 1.807) is 12.3 Å². The molecule has 0 bridgehead atoms. The Hall–Kier alpha value is -3.96. The minimum absolute atomic E-state index is 0.0260. The van der Waals surface area contributed by atoms with Gasteiger partial charge in [-0.25, -0.2) is 22.8 Å². The van der Waals surface area contributed by atoms with Crippen molar-refractivity contribution >= 4 is 38.3 Å². The number of anilines is 2. The zero-order valence-electron chi connectivity index (χ0n) is 21.3. The number of rotatable bonds is 4. The smallest absolute Gasteiger partial charge is 0.251 e. The van der Waals surface area contributed by atoms with Gasteiger partial charge in [-0.05, 0) is 61.2 Å². The summed E-state index contributed by atoms with van der Waals surface area (Å²) in [4.78, 5) is 28.7. The highest BCUT2D eigenvalue weighted by Gasteiger charge is 2.27. The lowest BCUT2D eigenvalue weighted by Gasteiger charge is -2.29. The summed E-state index contributed by atoms with van der Waals surface area (Å²) in [6.45, 7) is 2.73. The van der Waals surface area contributed by atoms with E-state index in [-0.39, 0.29) is 41.5 Å². The first-order valence-corrected chi connectivity index (χ1v) is 14.3. The van der Waals surface area contributed by atoms with Crippen LogP contribution in [0.5, 0.6) is 0 Å². The van der Waals surface area contributed by atoms with Crippen molar-refractivity contribution in [2.24, 2.45) is 0 Å². The van der Waals surface area contributed by atoms with Gasteiger partial charge < -0.3 is 15.0 Å². The van der Waals surface area contributed by atoms with E-state index in [1.165, 1.54) is 11.6 Å². The molecule has 0 aliphatic carbocycles. The number of nitrogens with one attached hydrogen (secondary N) is 1. The summed E-state index contributed by atoms with van der Waals surface area (Å²) in [6.07, 6.45) is 5.54. The van der Waals surface area contributed by atoms with Gasteiger partial charge in [0.1, 0.15) is 17.5 Å². The number of nitrogens with zero attached hydrogens (tertiary/aromatic N) is 4. The fourth-order valence-corrected chi connectivity index (χ4v) is 6.38. The van der Waals surface area contributed by atoms with Gasteiger partial charge in [-0.3, -0.25) is 9.78 Å². The Labute approximate surface area is 225 Å². The second kappa shape index (κ2) is 9.97. The number of aryl methyl sites for hydroxylation is 2. The van der Waals surface area contributed by atoms with E-state index in [9.17, 15) is 17.6 Å². The first kappa shape index (κ1) is 25.3. The predicted octanol–water partition coefficient (Wildman–Crippen LogP) is 3.79. The predicted molar refractivity (Wildman–Crippen MR) is 143 cm³/mol. The molecule has 9 nitrogen and oxygen atoms in total. The molecule has 11 heteroatoms. The average Bonchev–Trinajstić information content (AvgIpc) is 3.08. The highest BCUT2D eigenvalue weighted by molar-refractivity contribution is 7.91. The Balaban J connectivity index is 1.23. The molecule has 0 saturated heterocycles. The lowest BCUT2D eigenvalue weighted by Crippen LogP contribution is -2.26. The molecule has 2 aliphatic rings. The highest BCUT2D eigenvalue weighted by Crippen LogP contribution is 2.32. The molecule has 3 aromatic heterocycles. The molecule has 1 aromatic carbocycles. The van der Waals surface area contributed by atoms with Crippen LogP contribution in [0.2, 0.25) is 0 Å². The number of hydrogen-bond donors (Lipinski definition) is 1. The lowest BCUT2D eigenvalue weighted by molar-refractivity contribution is 0.0949. The van der Waals surface area contributed by atoms with E-state index in [0.29, 0.717) is 11.2 Å². The third kappa shape index (κ3) is 4.95. The van der Waals surface area contributed by atoms with E-state index < -0.39 is 21.6 Å². The molecular formula is C28H26FN5O4S. The molecule has 0 spiro atoms. The fraction of sp³-hybridized carbons (Fsp3) is 0.286. The van der Waals surface area contributed by atoms with E-state index in [2.05, 4.69) is 26.3 Å². The maximum Gasteiger partial charge on any atom is 0.251 e. The van der Waals surface area contributed by atoms with Crippen LogP contribution in [0.4, 0.5) is 16.0 Å². The van der Waals surface area contributed by atoms with E-state index in [4.69, 9.17) is 9.72 Å². The molecule has 200 valence electrons. The number of carbonyl (C=O) groups is 1. The number of benzene rings is 1.